The van der Waals surface area contributed by atoms with Crippen LogP contribution in [0.1, 0.15) is 41.5 Å². The van der Waals surface area contributed by atoms with Crippen molar-refractivity contribution in [2.24, 2.45) is 5.92 Å². The van der Waals surface area contributed by atoms with Crippen LogP contribution in [0.4, 0.5) is 0 Å². The second-order valence-electron chi connectivity index (χ2n) is 10.3. The Morgan fingerprint density at radius 1 is 0.810 bits per heavy atom. The van der Waals surface area contributed by atoms with Crippen LogP contribution in [0.2, 0.25) is 0 Å². The number of nitrogens with one attached hydrogen (secondary N) is 1. The number of hydrogen-bond donors (Lipinski definition) is 5. The van der Waals surface area contributed by atoms with Crippen molar-refractivity contribution in [2.75, 3.05) is 19.6 Å². The quantitative estimate of drug-likeness (QED) is 0.290. The summed E-state index contributed by atoms with van der Waals surface area (Å²) >= 11 is 0. The predicted molar refractivity (Wildman–Crippen MR) is 158 cm³/mol. The van der Waals surface area contributed by atoms with Crippen LogP contribution in [0, 0.1) is 12.8 Å². The van der Waals surface area contributed by atoms with E-state index in [-0.39, 0.29) is 0 Å². The van der Waals surface area contributed by atoms with Crippen LogP contribution >= 0.6 is 0 Å². The van der Waals surface area contributed by atoms with Gasteiger partial charge in [-0.05, 0) is 81.3 Å². The Hall–Kier alpha value is -4.28. The lowest BCUT2D eigenvalue weighted by Gasteiger charge is -2.33. The maximum Gasteiger partial charge on any atom is 0.328 e. The van der Waals surface area contributed by atoms with Gasteiger partial charge in [-0.25, -0.2) is 19.2 Å². The molecule has 10 nitrogen and oxygen atoms in total. The highest BCUT2D eigenvalue weighted by Gasteiger charge is 2.24. The zero-order valence-corrected chi connectivity index (χ0v) is 23.8. The van der Waals surface area contributed by atoms with Gasteiger partial charge in [-0.3, -0.25) is 4.90 Å². The monoisotopic (exact) mass is 580 g/mol. The van der Waals surface area contributed by atoms with Crippen LogP contribution < -0.4 is 5.32 Å². The number of carbonyl (C=O) groups is 4. The Balaban J connectivity index is 0.000000319. The summed E-state index contributed by atoms with van der Waals surface area (Å²) < 4.78 is 0. The van der Waals surface area contributed by atoms with Crippen molar-refractivity contribution in [3.05, 3.63) is 95.1 Å². The molecule has 2 aliphatic heterocycles. The predicted octanol–water partition coefficient (Wildman–Crippen LogP) is 3.78. The molecule has 2 aromatic rings. The summed E-state index contributed by atoms with van der Waals surface area (Å²) in [6.45, 7) is 6.94. The molecule has 1 unspecified atom stereocenters. The van der Waals surface area contributed by atoms with Crippen LogP contribution in [0.5, 0.6) is 0 Å². The van der Waals surface area contributed by atoms with E-state index in [1.54, 1.807) is 11.1 Å². The van der Waals surface area contributed by atoms with E-state index in [0.717, 1.165) is 19.0 Å². The molecular weight excluding hydrogens is 540 g/mol. The van der Waals surface area contributed by atoms with E-state index in [2.05, 4.69) is 65.7 Å². The summed E-state index contributed by atoms with van der Waals surface area (Å²) in [5.74, 6) is -4.15. The molecule has 1 saturated heterocycles. The van der Waals surface area contributed by atoms with Gasteiger partial charge in [-0.2, -0.15) is 0 Å². The van der Waals surface area contributed by atoms with Crippen molar-refractivity contribution in [2.45, 2.75) is 51.6 Å². The first-order valence-electron chi connectivity index (χ1n) is 13.9. The summed E-state index contributed by atoms with van der Waals surface area (Å²) in [4.78, 5) is 40.9. The highest BCUT2D eigenvalue weighted by atomic mass is 16.4. The second-order valence-corrected chi connectivity index (χ2v) is 10.3. The van der Waals surface area contributed by atoms with Gasteiger partial charge in [0, 0.05) is 36.9 Å². The van der Waals surface area contributed by atoms with Crippen LogP contribution in [0.25, 0.3) is 0 Å². The van der Waals surface area contributed by atoms with E-state index in [1.807, 2.05) is 0 Å². The topological polar surface area (TPSA) is 164 Å². The number of benzene rings is 2. The lowest BCUT2D eigenvalue weighted by molar-refractivity contribution is -0.134. The van der Waals surface area contributed by atoms with Gasteiger partial charge in [0.15, 0.2) is 0 Å². The van der Waals surface area contributed by atoms with Crippen LogP contribution in [-0.4, -0.2) is 74.9 Å². The minimum atomic E-state index is -1.26. The van der Waals surface area contributed by atoms with Crippen LogP contribution in [0.3, 0.4) is 0 Å². The van der Waals surface area contributed by atoms with Gasteiger partial charge >= 0.3 is 23.9 Å². The first-order valence-corrected chi connectivity index (χ1v) is 13.9. The molecule has 0 spiro atoms. The number of rotatable bonds is 8. The molecule has 2 aromatic carbocycles. The number of hydrogen-bond acceptors (Lipinski definition) is 6. The second kappa shape index (κ2) is 18.2. The third-order valence-corrected chi connectivity index (χ3v) is 6.96. The third kappa shape index (κ3) is 14.4. The third-order valence-electron chi connectivity index (χ3n) is 6.96. The first kappa shape index (κ1) is 33.9. The minimum Gasteiger partial charge on any atom is -0.478 e. The molecular formula is C32H40N2O8. The molecule has 0 bridgehead atoms. The fourth-order valence-electron chi connectivity index (χ4n) is 5.05. The van der Waals surface area contributed by atoms with E-state index >= 15 is 0 Å². The lowest BCUT2D eigenvalue weighted by Crippen LogP contribution is -2.38. The van der Waals surface area contributed by atoms with Crippen molar-refractivity contribution < 1.29 is 39.6 Å². The fourth-order valence-corrected chi connectivity index (χ4v) is 5.05. The number of likely N-dealkylation sites (tertiary alicyclic amines) is 1. The van der Waals surface area contributed by atoms with Gasteiger partial charge in [0.25, 0.3) is 0 Å². The molecule has 0 aromatic heterocycles. The van der Waals surface area contributed by atoms with E-state index in [1.165, 1.54) is 56.3 Å². The standard InChI is InChI=1S/C24H32N2.2C4H4O4/c1-19-5-4-6-21(15-19)18-26-13-10-20(11-14-26)16-24-17-23-8-3-2-7-22(23)9-12-25-24;2*5-3(6)1-2-4(7)8/h2-8,15,20,24-25H,9-14,16-18H2,1H3;2*1-2H,(H,5,6)(H,7,8)/b;2*2-1+. The zero-order chi connectivity index (χ0) is 30.9. The Kier molecular flexibility index (Phi) is 14.7. The molecule has 4 rings (SSSR count). The summed E-state index contributed by atoms with van der Waals surface area (Å²) in [5.41, 5.74) is 5.96. The number of aliphatic carboxylic acids is 4. The average Bonchev–Trinajstić information content (AvgIpc) is 3.14. The van der Waals surface area contributed by atoms with E-state index in [0.29, 0.717) is 30.3 Å². The fraction of sp³-hybridized carbons (Fsp3) is 0.375. The lowest BCUT2D eigenvalue weighted by atomic mass is 9.87. The Bertz CT molecular complexity index is 1180. The zero-order valence-electron chi connectivity index (χ0n) is 23.8. The molecule has 226 valence electrons. The van der Waals surface area contributed by atoms with Crippen LogP contribution in [-0.2, 0) is 38.6 Å². The highest BCUT2D eigenvalue weighted by molar-refractivity contribution is 5.90. The molecule has 2 heterocycles. The van der Waals surface area contributed by atoms with Crippen molar-refractivity contribution in [1.82, 2.24) is 10.2 Å². The maximum absolute atomic E-state index is 9.55. The molecule has 2 aliphatic rings. The van der Waals surface area contributed by atoms with E-state index in [4.69, 9.17) is 20.4 Å². The summed E-state index contributed by atoms with van der Waals surface area (Å²) in [7, 11) is 0. The van der Waals surface area contributed by atoms with Gasteiger partial charge in [0.05, 0.1) is 0 Å². The normalized spacial score (nSPS) is 17.2. The van der Waals surface area contributed by atoms with Gasteiger partial charge in [-0.1, -0.05) is 54.1 Å². The van der Waals surface area contributed by atoms with Crippen molar-refractivity contribution >= 4 is 23.9 Å². The van der Waals surface area contributed by atoms with E-state index in [9.17, 15) is 19.2 Å². The molecule has 0 saturated carbocycles. The van der Waals surface area contributed by atoms with Gasteiger partial charge in [0.1, 0.15) is 0 Å². The Morgan fingerprint density at radius 3 is 1.88 bits per heavy atom. The maximum atomic E-state index is 9.55. The Labute approximate surface area is 246 Å². The van der Waals surface area contributed by atoms with Crippen molar-refractivity contribution in [3.63, 3.8) is 0 Å². The van der Waals surface area contributed by atoms with Gasteiger partial charge < -0.3 is 25.7 Å². The van der Waals surface area contributed by atoms with Gasteiger partial charge in [0.2, 0.25) is 0 Å². The molecule has 1 atom stereocenters. The molecule has 0 aliphatic carbocycles. The molecule has 0 amide bonds. The Morgan fingerprint density at radius 2 is 1.36 bits per heavy atom. The number of carboxylic acids is 4. The number of aryl methyl sites for hydroxylation is 1. The molecule has 10 heteroatoms. The van der Waals surface area contributed by atoms with Gasteiger partial charge in [-0.15, -0.1) is 0 Å². The SMILES string of the molecule is Cc1cccc(CN2CCC(CC3Cc4ccccc4CCN3)CC2)c1.O=C(O)/C=C/C(=O)O.O=C(O)/C=C/C(=O)O. The molecule has 42 heavy (non-hydrogen) atoms. The minimum absolute atomic E-state index is 0.558. The number of piperidine rings is 1. The summed E-state index contributed by atoms with van der Waals surface area (Å²) in [6, 6.07) is 18.7. The van der Waals surface area contributed by atoms with Crippen molar-refractivity contribution in [3.8, 4) is 0 Å². The smallest absolute Gasteiger partial charge is 0.328 e. The summed E-state index contributed by atoms with van der Waals surface area (Å²) in [5, 5.41) is 35.1. The summed E-state index contributed by atoms with van der Waals surface area (Å²) in [6.07, 6.45) is 8.67. The molecule has 0 radical (unpaired) electrons. The average molecular weight is 581 g/mol. The highest BCUT2D eigenvalue weighted by Crippen LogP contribution is 2.26. The first-order chi connectivity index (χ1) is 20.0. The number of carboxylic acid groups (broad SMARTS) is 4. The molecule has 1 fully saturated rings. The van der Waals surface area contributed by atoms with Crippen molar-refractivity contribution in [1.29, 1.82) is 0 Å². The number of nitrogens with zero attached hydrogens (tertiary/aromatic N) is 1. The van der Waals surface area contributed by atoms with E-state index < -0.39 is 23.9 Å². The molecule has 5 N–H and O–H groups in total. The van der Waals surface area contributed by atoms with Crippen LogP contribution in [0.15, 0.2) is 72.8 Å². The largest absolute Gasteiger partial charge is 0.478 e. The number of fused-ring (bicyclic) bond motifs is 1.